The van der Waals surface area contributed by atoms with Crippen molar-refractivity contribution in [3.8, 4) is 0 Å². The lowest BCUT2D eigenvalue weighted by Gasteiger charge is -2.22. The van der Waals surface area contributed by atoms with E-state index in [1.165, 1.54) is 6.07 Å². The number of esters is 1. The zero-order valence-electron chi connectivity index (χ0n) is 12.8. The molecule has 2 heterocycles. The molecule has 1 atom stereocenters. The van der Waals surface area contributed by atoms with Crippen LogP contribution >= 0.6 is 0 Å². The molecule has 1 unspecified atom stereocenters. The molecule has 1 fully saturated rings. The molecule has 1 aromatic heterocycles. The molecule has 1 saturated heterocycles. The molecule has 0 N–H and O–H groups in total. The van der Waals surface area contributed by atoms with Gasteiger partial charge in [0, 0.05) is 19.2 Å². The minimum absolute atomic E-state index is 0.0919. The van der Waals surface area contributed by atoms with Crippen LogP contribution in [0, 0.1) is 5.82 Å². The van der Waals surface area contributed by atoms with E-state index in [9.17, 15) is 9.18 Å². The zero-order chi connectivity index (χ0) is 15.8. The lowest BCUT2D eigenvalue weighted by atomic mass is 10.1. The molecular weight excluding hydrogens is 289 g/mol. The zero-order valence-corrected chi connectivity index (χ0v) is 12.8. The Hall–Kier alpha value is -1.53. The number of carbonyl (C=O) groups excluding carboxylic acids is 1. The van der Waals surface area contributed by atoms with Crippen LogP contribution in [-0.4, -0.2) is 30.5 Å². The Kier molecular flexibility index (Phi) is 6.74. The van der Waals surface area contributed by atoms with E-state index in [1.807, 2.05) is 0 Å². The number of hydrogen-bond donors (Lipinski definition) is 0. The molecule has 0 saturated carbocycles. The highest BCUT2D eigenvalue weighted by molar-refractivity contribution is 5.69. The molecule has 1 aliphatic rings. The van der Waals surface area contributed by atoms with Crippen molar-refractivity contribution in [1.82, 2.24) is 4.98 Å². The summed E-state index contributed by atoms with van der Waals surface area (Å²) in [4.78, 5) is 15.4. The first-order valence-corrected chi connectivity index (χ1v) is 7.71. The largest absolute Gasteiger partial charge is 0.466 e. The van der Waals surface area contributed by atoms with Crippen LogP contribution in [0.4, 0.5) is 4.39 Å². The van der Waals surface area contributed by atoms with Crippen LogP contribution in [-0.2, 0) is 32.0 Å². The van der Waals surface area contributed by atoms with Gasteiger partial charge in [-0.15, -0.1) is 0 Å². The summed E-state index contributed by atoms with van der Waals surface area (Å²) in [7, 11) is 0. The fourth-order valence-electron chi connectivity index (χ4n) is 2.24. The number of aromatic nitrogens is 1. The normalized spacial score (nSPS) is 18.2. The maximum atomic E-state index is 14.0. The maximum absolute atomic E-state index is 14.0. The van der Waals surface area contributed by atoms with Gasteiger partial charge < -0.3 is 14.2 Å². The molecule has 0 radical (unpaired) electrons. The molecule has 1 aromatic rings. The smallest absolute Gasteiger partial charge is 0.306 e. The topological polar surface area (TPSA) is 57.7 Å². The van der Waals surface area contributed by atoms with Crippen molar-refractivity contribution in [2.24, 2.45) is 0 Å². The van der Waals surface area contributed by atoms with E-state index in [0.29, 0.717) is 25.2 Å². The summed E-state index contributed by atoms with van der Waals surface area (Å²) in [5.41, 5.74) is 0.928. The lowest BCUT2D eigenvalue weighted by Crippen LogP contribution is -2.22. The van der Waals surface area contributed by atoms with E-state index in [1.54, 1.807) is 13.1 Å². The molecule has 5 nitrogen and oxygen atoms in total. The van der Waals surface area contributed by atoms with Gasteiger partial charge in [0.25, 0.3) is 0 Å². The van der Waals surface area contributed by atoms with Crippen LogP contribution in [0.1, 0.15) is 43.9 Å². The Morgan fingerprint density at radius 3 is 3.05 bits per heavy atom. The molecule has 0 aromatic carbocycles. The SMILES string of the molecule is CCOC(=O)CCc1cnc(COC2CCCCO2)c(F)c1. The first-order valence-electron chi connectivity index (χ1n) is 7.71. The van der Waals surface area contributed by atoms with E-state index in [4.69, 9.17) is 14.2 Å². The summed E-state index contributed by atoms with van der Waals surface area (Å²) in [5, 5.41) is 0. The molecule has 0 spiro atoms. The van der Waals surface area contributed by atoms with Gasteiger partial charge in [0.1, 0.15) is 11.5 Å². The molecule has 0 bridgehead atoms. The van der Waals surface area contributed by atoms with E-state index >= 15 is 0 Å². The second-order valence-corrected chi connectivity index (χ2v) is 5.18. The minimum atomic E-state index is -0.419. The average molecular weight is 311 g/mol. The van der Waals surface area contributed by atoms with E-state index in [2.05, 4.69) is 4.98 Å². The van der Waals surface area contributed by atoms with Gasteiger partial charge in [-0.05, 0) is 44.2 Å². The van der Waals surface area contributed by atoms with Gasteiger partial charge >= 0.3 is 5.97 Å². The molecule has 6 heteroatoms. The average Bonchev–Trinajstić information content (AvgIpc) is 2.53. The molecular formula is C16H22FNO4. The predicted octanol–water partition coefficient (Wildman–Crippen LogP) is 2.76. The third-order valence-corrected chi connectivity index (χ3v) is 3.44. The van der Waals surface area contributed by atoms with Crippen molar-refractivity contribution < 1.29 is 23.4 Å². The molecule has 1 aliphatic heterocycles. The van der Waals surface area contributed by atoms with Crippen molar-refractivity contribution in [1.29, 1.82) is 0 Å². The minimum Gasteiger partial charge on any atom is -0.466 e. The summed E-state index contributed by atoms with van der Waals surface area (Å²) in [6, 6.07) is 1.40. The second-order valence-electron chi connectivity index (χ2n) is 5.18. The van der Waals surface area contributed by atoms with Crippen LogP contribution in [0.3, 0.4) is 0 Å². The number of carbonyl (C=O) groups is 1. The monoisotopic (exact) mass is 311 g/mol. The highest BCUT2D eigenvalue weighted by Crippen LogP contribution is 2.16. The summed E-state index contributed by atoms with van der Waals surface area (Å²) in [6.45, 7) is 2.89. The van der Waals surface area contributed by atoms with Crippen LogP contribution in [0.25, 0.3) is 0 Å². The Morgan fingerprint density at radius 1 is 1.50 bits per heavy atom. The number of ether oxygens (including phenoxy) is 3. The van der Waals surface area contributed by atoms with Gasteiger partial charge in [-0.1, -0.05) is 0 Å². The van der Waals surface area contributed by atoms with Gasteiger partial charge in [-0.2, -0.15) is 0 Å². The third kappa shape index (κ3) is 5.35. The summed E-state index contributed by atoms with van der Waals surface area (Å²) < 4.78 is 29.8. The molecule has 0 aliphatic carbocycles. The first kappa shape index (κ1) is 16.8. The summed E-state index contributed by atoms with van der Waals surface area (Å²) in [6.07, 6.45) is 4.88. The Morgan fingerprint density at radius 2 is 2.36 bits per heavy atom. The number of aryl methyl sites for hydroxylation is 1. The van der Waals surface area contributed by atoms with Crippen molar-refractivity contribution in [2.75, 3.05) is 13.2 Å². The highest BCUT2D eigenvalue weighted by atomic mass is 19.1. The van der Waals surface area contributed by atoms with Crippen LogP contribution in [0.5, 0.6) is 0 Å². The van der Waals surface area contributed by atoms with Crippen molar-refractivity contribution in [3.05, 3.63) is 29.3 Å². The third-order valence-electron chi connectivity index (χ3n) is 3.44. The molecule has 122 valence electrons. The van der Waals surface area contributed by atoms with Crippen LogP contribution < -0.4 is 0 Å². The number of hydrogen-bond acceptors (Lipinski definition) is 5. The predicted molar refractivity (Wildman–Crippen MR) is 77.5 cm³/mol. The summed E-state index contributed by atoms with van der Waals surface area (Å²) >= 11 is 0. The Labute approximate surface area is 129 Å². The van der Waals surface area contributed by atoms with Crippen LogP contribution in [0.15, 0.2) is 12.3 Å². The number of pyridine rings is 1. The van der Waals surface area contributed by atoms with Crippen molar-refractivity contribution >= 4 is 5.97 Å². The number of halogens is 1. The van der Waals surface area contributed by atoms with E-state index in [0.717, 1.165) is 19.3 Å². The Balaban J connectivity index is 1.82. The maximum Gasteiger partial charge on any atom is 0.306 e. The lowest BCUT2D eigenvalue weighted by molar-refractivity contribution is -0.169. The van der Waals surface area contributed by atoms with Gasteiger partial charge in [0.15, 0.2) is 6.29 Å². The molecule has 2 rings (SSSR count). The molecule has 22 heavy (non-hydrogen) atoms. The Bertz CT molecular complexity index is 489. The van der Waals surface area contributed by atoms with Gasteiger partial charge in [0.2, 0.25) is 0 Å². The number of nitrogens with zero attached hydrogens (tertiary/aromatic N) is 1. The van der Waals surface area contributed by atoms with E-state index < -0.39 is 5.82 Å². The quantitative estimate of drug-likeness (QED) is 0.725. The fourth-order valence-corrected chi connectivity index (χ4v) is 2.24. The van der Waals surface area contributed by atoms with E-state index in [-0.39, 0.29) is 31.0 Å². The van der Waals surface area contributed by atoms with Gasteiger partial charge in [-0.3, -0.25) is 9.78 Å². The van der Waals surface area contributed by atoms with Crippen LogP contribution in [0.2, 0.25) is 0 Å². The summed E-state index contributed by atoms with van der Waals surface area (Å²) in [5.74, 6) is -0.707. The fraction of sp³-hybridized carbons (Fsp3) is 0.625. The number of rotatable bonds is 7. The first-order chi connectivity index (χ1) is 10.7. The standard InChI is InChI=1S/C16H22FNO4/c1-2-20-15(19)7-6-12-9-13(17)14(18-10-12)11-22-16-5-3-4-8-21-16/h9-10,16H,2-8,11H2,1H3. The van der Waals surface area contributed by atoms with Gasteiger partial charge in [-0.25, -0.2) is 4.39 Å². The highest BCUT2D eigenvalue weighted by Gasteiger charge is 2.15. The van der Waals surface area contributed by atoms with Gasteiger partial charge in [0.05, 0.1) is 13.2 Å². The second kappa shape index (κ2) is 8.80. The molecule has 0 amide bonds. The van der Waals surface area contributed by atoms with Crippen molar-refractivity contribution in [2.45, 2.75) is 51.9 Å². The van der Waals surface area contributed by atoms with Crippen molar-refractivity contribution in [3.63, 3.8) is 0 Å².